The third kappa shape index (κ3) is 12.7. The fourth-order valence-electron chi connectivity index (χ4n) is 3.72. The molecule has 0 aliphatic carbocycles. The SMILES string of the molecule is CCCCOC(=O)Oc1ccc(CC(N)(C[C@H](C)OC(=O)CC(C)CC)C(=O)OC)cc1OC(=O)OCCCC. The van der Waals surface area contributed by atoms with Crippen LogP contribution < -0.4 is 15.2 Å². The van der Waals surface area contributed by atoms with Gasteiger partial charge >= 0.3 is 24.2 Å². The quantitative estimate of drug-likeness (QED) is 0.110. The number of nitrogens with two attached hydrogens (primary N) is 1. The van der Waals surface area contributed by atoms with E-state index in [9.17, 15) is 19.2 Å². The first kappa shape index (κ1) is 34.7. The van der Waals surface area contributed by atoms with Gasteiger partial charge in [0.15, 0.2) is 11.5 Å². The summed E-state index contributed by atoms with van der Waals surface area (Å²) in [6.45, 7) is 9.82. The molecule has 0 radical (unpaired) electrons. The number of unbranched alkanes of at least 4 members (excludes halogenated alkanes) is 2. The highest BCUT2D eigenvalue weighted by molar-refractivity contribution is 5.81. The third-order valence-electron chi connectivity index (χ3n) is 6.14. The van der Waals surface area contributed by atoms with Crippen LogP contribution in [-0.4, -0.2) is 56.2 Å². The van der Waals surface area contributed by atoms with Crippen LogP contribution in [0.4, 0.5) is 9.59 Å². The maximum absolute atomic E-state index is 12.8. The molecule has 0 aliphatic rings. The maximum atomic E-state index is 12.8. The van der Waals surface area contributed by atoms with Crippen LogP contribution in [-0.2, 0) is 35.0 Å². The molecule has 0 heterocycles. The summed E-state index contributed by atoms with van der Waals surface area (Å²) >= 11 is 0. The molecule has 1 rings (SSSR count). The molecular weight excluding hydrogens is 522 g/mol. The van der Waals surface area contributed by atoms with Gasteiger partial charge in [0.1, 0.15) is 11.6 Å². The number of methoxy groups -OCH3 is 1. The number of esters is 2. The lowest BCUT2D eigenvalue weighted by atomic mass is 9.86. The Balaban J connectivity index is 3.16. The van der Waals surface area contributed by atoms with E-state index in [1.54, 1.807) is 13.0 Å². The summed E-state index contributed by atoms with van der Waals surface area (Å²) in [7, 11) is 1.21. The number of ether oxygens (including phenoxy) is 6. The Labute approximate surface area is 236 Å². The number of carbonyl (C=O) groups is 4. The number of rotatable bonds is 17. The minimum Gasteiger partial charge on any atom is -0.468 e. The summed E-state index contributed by atoms with van der Waals surface area (Å²) in [5, 5.41) is 0. The molecule has 11 heteroatoms. The monoisotopic (exact) mass is 567 g/mol. The lowest BCUT2D eigenvalue weighted by molar-refractivity contribution is -0.155. The highest BCUT2D eigenvalue weighted by Gasteiger charge is 2.38. The predicted octanol–water partition coefficient (Wildman–Crippen LogP) is 5.49. The van der Waals surface area contributed by atoms with E-state index in [1.165, 1.54) is 19.2 Å². The average molecular weight is 568 g/mol. The molecule has 0 saturated heterocycles. The van der Waals surface area contributed by atoms with E-state index in [-0.39, 0.29) is 55.9 Å². The van der Waals surface area contributed by atoms with E-state index < -0.39 is 29.9 Å². The molecule has 1 aromatic rings. The van der Waals surface area contributed by atoms with Crippen molar-refractivity contribution in [3.63, 3.8) is 0 Å². The third-order valence-corrected chi connectivity index (χ3v) is 6.14. The summed E-state index contributed by atoms with van der Waals surface area (Å²) in [5.74, 6) is -1.12. The van der Waals surface area contributed by atoms with Crippen molar-refractivity contribution in [2.24, 2.45) is 11.7 Å². The van der Waals surface area contributed by atoms with Crippen molar-refractivity contribution in [1.29, 1.82) is 0 Å². The zero-order chi connectivity index (χ0) is 30.1. The topological polar surface area (TPSA) is 150 Å². The van der Waals surface area contributed by atoms with Crippen LogP contribution in [0.1, 0.15) is 85.1 Å². The van der Waals surface area contributed by atoms with Crippen molar-refractivity contribution >= 4 is 24.2 Å². The summed E-state index contributed by atoms with van der Waals surface area (Å²) in [6.07, 6.45) is 1.35. The Morgan fingerprint density at radius 1 is 0.900 bits per heavy atom. The van der Waals surface area contributed by atoms with Crippen molar-refractivity contribution in [3.8, 4) is 11.5 Å². The van der Waals surface area contributed by atoms with Crippen molar-refractivity contribution in [1.82, 2.24) is 0 Å². The van der Waals surface area contributed by atoms with Gasteiger partial charge in [0, 0.05) is 19.3 Å². The molecule has 0 aromatic heterocycles. The van der Waals surface area contributed by atoms with E-state index in [0.29, 0.717) is 18.4 Å². The fourth-order valence-corrected chi connectivity index (χ4v) is 3.72. The summed E-state index contributed by atoms with van der Waals surface area (Å²) < 4.78 is 31.1. The van der Waals surface area contributed by atoms with Crippen molar-refractivity contribution in [2.75, 3.05) is 20.3 Å². The first-order chi connectivity index (χ1) is 19.0. The van der Waals surface area contributed by atoms with Gasteiger partial charge in [-0.3, -0.25) is 9.59 Å². The van der Waals surface area contributed by atoms with Crippen LogP contribution in [0.5, 0.6) is 11.5 Å². The fraction of sp³-hybridized carbons (Fsp3) is 0.655. The molecule has 0 amide bonds. The molecule has 0 bridgehead atoms. The number of carbonyl (C=O) groups excluding carboxylic acids is 4. The summed E-state index contributed by atoms with van der Waals surface area (Å²) in [4.78, 5) is 49.4. The average Bonchev–Trinajstić information content (AvgIpc) is 2.89. The molecule has 1 aromatic carbocycles. The second-order valence-electron chi connectivity index (χ2n) is 9.94. The molecule has 3 atom stereocenters. The highest BCUT2D eigenvalue weighted by Crippen LogP contribution is 2.32. The van der Waals surface area contributed by atoms with E-state index in [4.69, 9.17) is 34.2 Å². The van der Waals surface area contributed by atoms with Crippen molar-refractivity contribution in [2.45, 2.75) is 97.6 Å². The molecular formula is C29H45NO10. The second-order valence-corrected chi connectivity index (χ2v) is 9.94. The molecule has 0 saturated carbocycles. The normalized spacial score (nSPS) is 13.8. The number of benzene rings is 1. The second kappa shape index (κ2) is 18.1. The largest absolute Gasteiger partial charge is 0.513 e. The van der Waals surface area contributed by atoms with Crippen molar-refractivity contribution < 1.29 is 47.6 Å². The van der Waals surface area contributed by atoms with E-state index in [2.05, 4.69) is 0 Å². The van der Waals surface area contributed by atoms with Crippen LogP contribution in [0.2, 0.25) is 0 Å². The number of hydrogen-bond acceptors (Lipinski definition) is 11. The standard InChI is InChI=1S/C29H45NO10/c1-7-10-14-36-27(33)39-23-13-12-22(17-24(23)40-28(34)37-15-11-8-2)19-29(30,26(32)35-6)18-21(5)38-25(31)16-20(4)9-3/h12-13,17,20-21H,7-11,14-16,18-19,30H2,1-6H3/t20?,21-,29?/m0/s1. The van der Waals surface area contributed by atoms with Crippen LogP contribution in [0, 0.1) is 5.92 Å². The first-order valence-electron chi connectivity index (χ1n) is 13.9. The zero-order valence-electron chi connectivity index (χ0n) is 24.6. The van der Waals surface area contributed by atoms with Gasteiger partial charge < -0.3 is 34.2 Å². The van der Waals surface area contributed by atoms with Crippen LogP contribution in [0.25, 0.3) is 0 Å². The van der Waals surface area contributed by atoms with Gasteiger partial charge in [-0.2, -0.15) is 0 Å². The van der Waals surface area contributed by atoms with Crippen LogP contribution in [0.3, 0.4) is 0 Å². The van der Waals surface area contributed by atoms with Crippen LogP contribution in [0.15, 0.2) is 18.2 Å². The van der Waals surface area contributed by atoms with Gasteiger partial charge in [-0.15, -0.1) is 0 Å². The van der Waals surface area contributed by atoms with Crippen LogP contribution >= 0.6 is 0 Å². The molecule has 40 heavy (non-hydrogen) atoms. The minimum absolute atomic E-state index is 0.0246. The van der Waals surface area contributed by atoms with Gasteiger partial charge in [-0.05, 0) is 43.4 Å². The Hall–Kier alpha value is -3.34. The van der Waals surface area contributed by atoms with Gasteiger partial charge in [-0.1, -0.05) is 53.0 Å². The molecule has 0 fully saturated rings. The summed E-state index contributed by atoms with van der Waals surface area (Å²) in [5.41, 5.74) is 5.39. The Bertz CT molecular complexity index is 966. The lowest BCUT2D eigenvalue weighted by Gasteiger charge is -2.29. The van der Waals surface area contributed by atoms with E-state index in [1.807, 2.05) is 27.7 Å². The van der Waals surface area contributed by atoms with E-state index in [0.717, 1.165) is 19.3 Å². The molecule has 2 unspecified atom stereocenters. The Morgan fingerprint density at radius 3 is 2.00 bits per heavy atom. The van der Waals surface area contributed by atoms with Gasteiger partial charge in [0.05, 0.1) is 20.3 Å². The highest BCUT2D eigenvalue weighted by atomic mass is 16.7. The zero-order valence-corrected chi connectivity index (χ0v) is 24.6. The molecule has 0 aliphatic heterocycles. The minimum atomic E-state index is -1.58. The first-order valence-corrected chi connectivity index (χ1v) is 13.9. The van der Waals surface area contributed by atoms with Crippen molar-refractivity contribution in [3.05, 3.63) is 23.8 Å². The lowest BCUT2D eigenvalue weighted by Crippen LogP contribution is -2.53. The Morgan fingerprint density at radius 2 is 1.48 bits per heavy atom. The van der Waals surface area contributed by atoms with E-state index >= 15 is 0 Å². The Kier molecular flexibility index (Phi) is 15.7. The molecule has 2 N–H and O–H groups in total. The smallest absolute Gasteiger partial charge is 0.468 e. The van der Waals surface area contributed by atoms with Gasteiger partial charge in [-0.25, -0.2) is 9.59 Å². The van der Waals surface area contributed by atoms with Gasteiger partial charge in [0.25, 0.3) is 0 Å². The molecule has 226 valence electrons. The summed E-state index contributed by atoms with van der Waals surface area (Å²) in [6, 6.07) is 4.38. The maximum Gasteiger partial charge on any atom is 0.513 e. The number of hydrogen-bond donors (Lipinski definition) is 1. The predicted molar refractivity (Wildman–Crippen MR) is 147 cm³/mol. The molecule has 0 spiro atoms. The molecule has 11 nitrogen and oxygen atoms in total. The van der Waals surface area contributed by atoms with Gasteiger partial charge in [0.2, 0.25) is 0 Å².